The summed E-state index contributed by atoms with van der Waals surface area (Å²) in [4.78, 5) is 15.8. The smallest absolute Gasteiger partial charge is 0.347 e. The molecule has 2 rings (SSSR count). The number of methoxy groups -OCH3 is 1. The molecule has 1 aromatic heterocycles. The lowest BCUT2D eigenvalue weighted by Gasteiger charge is -2.00. The van der Waals surface area contributed by atoms with E-state index in [2.05, 4.69) is 20.9 Å². The number of carbonyl (C=O) groups is 1. The summed E-state index contributed by atoms with van der Waals surface area (Å²) in [5.74, 6) is -0.968. The van der Waals surface area contributed by atoms with Crippen molar-refractivity contribution in [3.8, 4) is 10.6 Å². The molecule has 0 aliphatic rings. The molecule has 0 saturated carbocycles. The summed E-state index contributed by atoms with van der Waals surface area (Å²) >= 11 is 4.61. The van der Waals surface area contributed by atoms with Crippen molar-refractivity contribution in [1.82, 2.24) is 4.98 Å². The number of aromatic nitrogens is 1. The molecule has 19 heavy (non-hydrogen) atoms. The van der Waals surface area contributed by atoms with Gasteiger partial charge < -0.3 is 9.84 Å². The third-order valence-corrected chi connectivity index (χ3v) is 4.60. The number of carboxylic acid groups (broad SMARTS) is 1. The van der Waals surface area contributed by atoms with Gasteiger partial charge in [-0.15, -0.1) is 11.3 Å². The summed E-state index contributed by atoms with van der Waals surface area (Å²) in [7, 11) is 1.52. The molecular weight excluding hydrogens is 330 g/mol. The Labute approximate surface area is 123 Å². The Kier molecular flexibility index (Phi) is 4.34. The first-order chi connectivity index (χ1) is 9.02. The Bertz CT molecular complexity index is 624. The van der Waals surface area contributed by atoms with E-state index in [9.17, 15) is 4.79 Å². The second-order valence-electron chi connectivity index (χ2n) is 4.00. The maximum Gasteiger partial charge on any atom is 0.347 e. The Morgan fingerprint density at radius 1 is 1.53 bits per heavy atom. The van der Waals surface area contributed by atoms with E-state index in [1.807, 2.05) is 25.1 Å². The van der Waals surface area contributed by atoms with Gasteiger partial charge in [-0.3, -0.25) is 0 Å². The Balaban J connectivity index is 2.47. The summed E-state index contributed by atoms with van der Waals surface area (Å²) in [6.45, 7) is 2.18. The van der Waals surface area contributed by atoms with Crippen LogP contribution in [0.25, 0.3) is 10.6 Å². The second kappa shape index (κ2) is 5.81. The molecule has 4 nitrogen and oxygen atoms in total. The summed E-state index contributed by atoms with van der Waals surface area (Å²) in [5.41, 5.74) is 2.46. The van der Waals surface area contributed by atoms with Gasteiger partial charge in [-0.1, -0.05) is 22.0 Å². The highest BCUT2D eigenvalue weighted by atomic mass is 79.9. The maximum absolute atomic E-state index is 11.2. The van der Waals surface area contributed by atoms with Gasteiger partial charge >= 0.3 is 5.97 Å². The average molecular weight is 342 g/mol. The van der Waals surface area contributed by atoms with Gasteiger partial charge in [0.1, 0.15) is 9.88 Å². The molecule has 2 aromatic rings. The Morgan fingerprint density at radius 3 is 2.84 bits per heavy atom. The third-order valence-electron chi connectivity index (χ3n) is 2.58. The normalized spacial score (nSPS) is 10.7. The van der Waals surface area contributed by atoms with E-state index >= 15 is 0 Å². The molecule has 1 heterocycles. The molecule has 0 aliphatic heterocycles. The number of thiazole rings is 1. The predicted molar refractivity (Wildman–Crippen MR) is 77.7 cm³/mol. The summed E-state index contributed by atoms with van der Waals surface area (Å²) < 4.78 is 6.00. The van der Waals surface area contributed by atoms with Crippen LogP contribution < -0.4 is 0 Å². The monoisotopic (exact) mass is 341 g/mol. The summed E-state index contributed by atoms with van der Waals surface area (Å²) in [6, 6.07) is 5.83. The first-order valence-electron chi connectivity index (χ1n) is 5.51. The lowest BCUT2D eigenvalue weighted by atomic mass is 10.1. The topological polar surface area (TPSA) is 59.4 Å². The quantitative estimate of drug-likeness (QED) is 0.920. The Morgan fingerprint density at radius 2 is 2.26 bits per heavy atom. The van der Waals surface area contributed by atoms with Gasteiger partial charge in [0.2, 0.25) is 0 Å². The molecule has 0 spiro atoms. The van der Waals surface area contributed by atoms with Gasteiger partial charge in [-0.2, -0.15) is 0 Å². The van der Waals surface area contributed by atoms with Gasteiger partial charge in [-0.25, -0.2) is 9.78 Å². The van der Waals surface area contributed by atoms with Crippen LogP contribution in [0.15, 0.2) is 22.7 Å². The molecule has 0 amide bonds. The minimum Gasteiger partial charge on any atom is -0.477 e. The van der Waals surface area contributed by atoms with Gasteiger partial charge in [0.15, 0.2) is 0 Å². The van der Waals surface area contributed by atoms with Crippen molar-refractivity contribution in [2.45, 2.75) is 13.5 Å². The number of halogens is 1. The van der Waals surface area contributed by atoms with Crippen LogP contribution in [0.5, 0.6) is 0 Å². The van der Waals surface area contributed by atoms with Crippen LogP contribution in [0.2, 0.25) is 0 Å². The number of hydrogen-bond donors (Lipinski definition) is 1. The predicted octanol–water partition coefficient (Wildman–Crippen LogP) is 3.73. The molecule has 0 saturated heterocycles. The van der Waals surface area contributed by atoms with Crippen molar-refractivity contribution in [2.24, 2.45) is 0 Å². The number of aryl methyl sites for hydroxylation is 1. The number of hydrogen-bond acceptors (Lipinski definition) is 4. The lowest BCUT2D eigenvalue weighted by molar-refractivity contribution is 0.0697. The molecule has 0 atom stereocenters. The molecule has 0 unspecified atom stereocenters. The van der Waals surface area contributed by atoms with Crippen molar-refractivity contribution in [3.05, 3.63) is 38.8 Å². The molecule has 100 valence electrons. The highest BCUT2D eigenvalue weighted by molar-refractivity contribution is 9.10. The molecule has 0 radical (unpaired) electrons. The van der Waals surface area contributed by atoms with Crippen LogP contribution >= 0.6 is 27.3 Å². The fourth-order valence-corrected chi connectivity index (χ4v) is 2.80. The minimum atomic E-state index is -0.968. The average Bonchev–Trinajstić information content (AvgIpc) is 2.77. The van der Waals surface area contributed by atoms with Crippen LogP contribution in [0.1, 0.15) is 20.9 Å². The Hall–Kier alpha value is -1.24. The largest absolute Gasteiger partial charge is 0.477 e. The van der Waals surface area contributed by atoms with Crippen molar-refractivity contribution in [3.63, 3.8) is 0 Å². The van der Waals surface area contributed by atoms with E-state index in [0.29, 0.717) is 10.7 Å². The fourth-order valence-electron chi connectivity index (χ4n) is 1.65. The van der Waals surface area contributed by atoms with Crippen molar-refractivity contribution < 1.29 is 14.6 Å². The van der Waals surface area contributed by atoms with E-state index in [4.69, 9.17) is 9.84 Å². The number of carboxylic acids is 1. The third kappa shape index (κ3) is 3.02. The van der Waals surface area contributed by atoms with E-state index < -0.39 is 5.97 Å². The number of ether oxygens (including phenoxy) is 1. The summed E-state index contributed by atoms with van der Waals surface area (Å²) in [6.07, 6.45) is 0. The molecule has 0 bridgehead atoms. The molecular formula is C13H12BrNO3S. The van der Waals surface area contributed by atoms with Gasteiger partial charge in [0.05, 0.1) is 12.3 Å². The first-order valence-corrected chi connectivity index (χ1v) is 7.12. The van der Waals surface area contributed by atoms with Crippen molar-refractivity contribution >= 4 is 33.2 Å². The van der Waals surface area contributed by atoms with Crippen LogP contribution in [0.3, 0.4) is 0 Å². The number of aromatic carboxylic acids is 1. The second-order valence-corrected chi connectivity index (χ2v) is 5.85. The SMILES string of the molecule is COCc1nc(-c2ccc(Br)c(C)c2)sc1C(=O)O. The number of rotatable bonds is 4. The zero-order valence-corrected chi connectivity index (χ0v) is 12.8. The number of benzene rings is 1. The molecule has 1 N–H and O–H groups in total. The van der Waals surface area contributed by atoms with E-state index in [1.54, 1.807) is 0 Å². The summed E-state index contributed by atoms with van der Waals surface area (Å²) in [5, 5.41) is 9.85. The highest BCUT2D eigenvalue weighted by Crippen LogP contribution is 2.31. The van der Waals surface area contributed by atoms with E-state index in [0.717, 1.165) is 15.6 Å². The van der Waals surface area contributed by atoms with Crippen molar-refractivity contribution in [1.29, 1.82) is 0 Å². The zero-order chi connectivity index (χ0) is 14.0. The van der Waals surface area contributed by atoms with Crippen LogP contribution in [0.4, 0.5) is 0 Å². The van der Waals surface area contributed by atoms with Crippen LogP contribution in [-0.4, -0.2) is 23.2 Å². The molecule has 0 fully saturated rings. The fraction of sp³-hybridized carbons (Fsp3) is 0.231. The standard InChI is InChI=1S/C13H12BrNO3S/c1-7-5-8(3-4-9(7)14)12-15-10(6-18-2)11(19-12)13(16)17/h3-5H,6H2,1-2H3,(H,16,17). The van der Waals surface area contributed by atoms with Gasteiger partial charge in [0, 0.05) is 17.1 Å². The van der Waals surface area contributed by atoms with Gasteiger partial charge in [-0.05, 0) is 24.6 Å². The zero-order valence-electron chi connectivity index (χ0n) is 10.4. The highest BCUT2D eigenvalue weighted by Gasteiger charge is 2.18. The molecule has 6 heteroatoms. The van der Waals surface area contributed by atoms with Crippen molar-refractivity contribution in [2.75, 3.05) is 7.11 Å². The maximum atomic E-state index is 11.2. The van der Waals surface area contributed by atoms with E-state index in [1.165, 1.54) is 18.4 Å². The number of nitrogens with zero attached hydrogens (tertiary/aromatic N) is 1. The lowest BCUT2D eigenvalue weighted by Crippen LogP contribution is -1.99. The van der Waals surface area contributed by atoms with Crippen LogP contribution in [-0.2, 0) is 11.3 Å². The van der Waals surface area contributed by atoms with E-state index in [-0.39, 0.29) is 11.5 Å². The van der Waals surface area contributed by atoms with Crippen LogP contribution in [0, 0.1) is 6.92 Å². The molecule has 1 aromatic carbocycles. The first kappa shape index (κ1) is 14.2. The minimum absolute atomic E-state index is 0.202. The molecule has 0 aliphatic carbocycles. The van der Waals surface area contributed by atoms with Gasteiger partial charge in [0.25, 0.3) is 0 Å².